The lowest BCUT2D eigenvalue weighted by molar-refractivity contribution is 0.277. The van der Waals surface area contributed by atoms with Gasteiger partial charge in [-0.05, 0) is 55.9 Å². The number of ether oxygens (including phenoxy) is 1. The van der Waals surface area contributed by atoms with Crippen molar-refractivity contribution >= 4 is 5.96 Å². The minimum absolute atomic E-state index is 0.246. The molecule has 5 heteroatoms. The summed E-state index contributed by atoms with van der Waals surface area (Å²) in [7, 11) is 0. The second-order valence-electron chi connectivity index (χ2n) is 5.92. The molecular formula is C17H26FN3O. The number of halogens is 1. The highest BCUT2D eigenvalue weighted by Crippen LogP contribution is 2.15. The van der Waals surface area contributed by atoms with Gasteiger partial charge in [-0.1, -0.05) is 6.92 Å². The number of nitrogens with two attached hydrogens (primary N) is 1. The van der Waals surface area contributed by atoms with E-state index >= 15 is 0 Å². The SMILES string of the molecule is CC1CCN(C(N)=NCCCCOc2ccc(F)cc2)CC1. The maximum atomic E-state index is 12.7. The largest absolute Gasteiger partial charge is 0.494 e. The lowest BCUT2D eigenvalue weighted by Gasteiger charge is -2.31. The van der Waals surface area contributed by atoms with Crippen LogP contribution in [-0.4, -0.2) is 37.1 Å². The maximum absolute atomic E-state index is 12.7. The third-order valence-electron chi connectivity index (χ3n) is 4.02. The Morgan fingerprint density at radius 1 is 1.27 bits per heavy atom. The Kier molecular flexibility index (Phi) is 6.49. The van der Waals surface area contributed by atoms with E-state index in [9.17, 15) is 4.39 Å². The van der Waals surface area contributed by atoms with Crippen molar-refractivity contribution in [2.75, 3.05) is 26.2 Å². The first kappa shape index (κ1) is 16.6. The third kappa shape index (κ3) is 5.54. The minimum atomic E-state index is -0.246. The standard InChI is InChI=1S/C17H26FN3O/c1-14-8-11-21(12-9-14)17(19)20-10-2-3-13-22-16-6-4-15(18)5-7-16/h4-7,14H,2-3,8-13H2,1H3,(H2,19,20). The average Bonchev–Trinajstić information content (AvgIpc) is 2.53. The van der Waals surface area contributed by atoms with Gasteiger partial charge >= 0.3 is 0 Å². The molecule has 1 saturated heterocycles. The van der Waals surface area contributed by atoms with Gasteiger partial charge in [-0.25, -0.2) is 4.39 Å². The summed E-state index contributed by atoms with van der Waals surface area (Å²) in [4.78, 5) is 6.62. The molecule has 2 rings (SSSR count). The monoisotopic (exact) mass is 307 g/mol. The van der Waals surface area contributed by atoms with Crippen molar-refractivity contribution in [1.29, 1.82) is 0 Å². The topological polar surface area (TPSA) is 50.8 Å². The van der Waals surface area contributed by atoms with E-state index in [1.807, 2.05) is 0 Å². The van der Waals surface area contributed by atoms with Crippen LogP contribution in [-0.2, 0) is 0 Å². The molecule has 0 amide bonds. The number of unbranched alkanes of at least 4 members (excludes halogenated alkanes) is 1. The van der Waals surface area contributed by atoms with Crippen LogP contribution < -0.4 is 10.5 Å². The molecule has 0 atom stereocenters. The van der Waals surface area contributed by atoms with Crippen molar-refractivity contribution in [3.05, 3.63) is 30.1 Å². The molecule has 1 aliphatic rings. The molecule has 0 spiro atoms. The molecule has 22 heavy (non-hydrogen) atoms. The first-order valence-corrected chi connectivity index (χ1v) is 8.08. The minimum Gasteiger partial charge on any atom is -0.494 e. The fourth-order valence-corrected chi connectivity index (χ4v) is 2.47. The maximum Gasteiger partial charge on any atom is 0.191 e. The Morgan fingerprint density at radius 2 is 1.95 bits per heavy atom. The van der Waals surface area contributed by atoms with Crippen LogP contribution >= 0.6 is 0 Å². The van der Waals surface area contributed by atoms with Crippen molar-refractivity contribution in [2.45, 2.75) is 32.6 Å². The van der Waals surface area contributed by atoms with Crippen molar-refractivity contribution in [1.82, 2.24) is 4.90 Å². The lowest BCUT2D eigenvalue weighted by atomic mass is 10.00. The molecule has 1 aromatic rings. The van der Waals surface area contributed by atoms with E-state index in [-0.39, 0.29) is 5.82 Å². The number of guanidine groups is 1. The summed E-state index contributed by atoms with van der Waals surface area (Å²) in [5, 5.41) is 0. The highest BCUT2D eigenvalue weighted by molar-refractivity contribution is 5.78. The third-order valence-corrected chi connectivity index (χ3v) is 4.02. The molecule has 122 valence electrons. The number of benzene rings is 1. The van der Waals surface area contributed by atoms with Gasteiger partial charge in [0.15, 0.2) is 5.96 Å². The number of rotatable bonds is 6. The van der Waals surface area contributed by atoms with E-state index in [2.05, 4.69) is 16.8 Å². The Hall–Kier alpha value is -1.78. The Balaban J connectivity index is 1.58. The zero-order valence-corrected chi connectivity index (χ0v) is 13.3. The summed E-state index contributed by atoms with van der Waals surface area (Å²) in [6.45, 7) is 5.66. The van der Waals surface area contributed by atoms with Gasteiger partial charge < -0.3 is 15.4 Å². The number of aliphatic imine (C=N–C) groups is 1. The molecule has 0 bridgehead atoms. The summed E-state index contributed by atoms with van der Waals surface area (Å²) in [5.74, 6) is 1.93. The molecule has 0 aliphatic carbocycles. The van der Waals surface area contributed by atoms with Crippen molar-refractivity contribution in [3.63, 3.8) is 0 Å². The number of piperidine rings is 1. The van der Waals surface area contributed by atoms with Crippen LogP contribution in [0.25, 0.3) is 0 Å². The average molecular weight is 307 g/mol. The second kappa shape index (κ2) is 8.61. The van der Waals surface area contributed by atoms with Gasteiger partial charge in [0, 0.05) is 19.6 Å². The lowest BCUT2D eigenvalue weighted by Crippen LogP contribution is -2.42. The molecule has 4 nitrogen and oxygen atoms in total. The molecule has 0 saturated carbocycles. The van der Waals surface area contributed by atoms with Crippen LogP contribution in [0.15, 0.2) is 29.3 Å². The summed E-state index contributed by atoms with van der Waals surface area (Å²) in [6.07, 6.45) is 4.24. The van der Waals surface area contributed by atoms with Crippen LogP contribution in [0.4, 0.5) is 4.39 Å². The fourth-order valence-electron chi connectivity index (χ4n) is 2.47. The first-order valence-electron chi connectivity index (χ1n) is 8.08. The first-order chi connectivity index (χ1) is 10.6. The fraction of sp³-hybridized carbons (Fsp3) is 0.588. The van der Waals surface area contributed by atoms with Gasteiger partial charge in [-0.15, -0.1) is 0 Å². The van der Waals surface area contributed by atoms with Crippen molar-refractivity contribution in [3.8, 4) is 5.75 Å². The predicted molar refractivity (Wildman–Crippen MR) is 87.6 cm³/mol. The van der Waals surface area contributed by atoms with Gasteiger partial charge in [0.05, 0.1) is 6.61 Å². The summed E-state index contributed by atoms with van der Waals surface area (Å²) < 4.78 is 18.3. The van der Waals surface area contributed by atoms with E-state index in [0.29, 0.717) is 18.3 Å². The normalized spacial score (nSPS) is 16.8. The molecular weight excluding hydrogens is 281 g/mol. The summed E-state index contributed by atoms with van der Waals surface area (Å²) >= 11 is 0. The molecule has 1 aliphatic heterocycles. The van der Waals surface area contributed by atoms with Gasteiger partial charge in [0.2, 0.25) is 0 Å². The van der Waals surface area contributed by atoms with E-state index in [1.165, 1.54) is 25.0 Å². The molecule has 0 aromatic heterocycles. The van der Waals surface area contributed by atoms with Gasteiger partial charge in [-0.2, -0.15) is 0 Å². The van der Waals surface area contributed by atoms with E-state index in [0.717, 1.165) is 38.4 Å². The van der Waals surface area contributed by atoms with Crippen LogP contribution in [0.3, 0.4) is 0 Å². The van der Waals surface area contributed by atoms with E-state index in [1.54, 1.807) is 12.1 Å². The van der Waals surface area contributed by atoms with E-state index in [4.69, 9.17) is 10.5 Å². The second-order valence-corrected chi connectivity index (χ2v) is 5.92. The van der Waals surface area contributed by atoms with Crippen molar-refractivity contribution < 1.29 is 9.13 Å². The highest BCUT2D eigenvalue weighted by atomic mass is 19.1. The van der Waals surface area contributed by atoms with Crippen molar-refractivity contribution in [2.24, 2.45) is 16.6 Å². The molecule has 0 radical (unpaired) electrons. The molecule has 2 N–H and O–H groups in total. The van der Waals surface area contributed by atoms with Gasteiger partial charge in [0.1, 0.15) is 11.6 Å². The number of nitrogens with zero attached hydrogens (tertiary/aromatic N) is 2. The molecule has 1 fully saturated rings. The number of hydrogen-bond acceptors (Lipinski definition) is 2. The quantitative estimate of drug-likeness (QED) is 0.499. The Labute approximate surface area is 132 Å². The molecule has 1 aromatic carbocycles. The smallest absolute Gasteiger partial charge is 0.191 e. The Bertz CT molecular complexity index is 467. The van der Waals surface area contributed by atoms with Crippen LogP contribution in [0, 0.1) is 11.7 Å². The highest BCUT2D eigenvalue weighted by Gasteiger charge is 2.16. The van der Waals surface area contributed by atoms with Crippen LogP contribution in [0.2, 0.25) is 0 Å². The summed E-state index contributed by atoms with van der Waals surface area (Å²) in [6, 6.07) is 6.09. The number of hydrogen-bond donors (Lipinski definition) is 1. The summed E-state index contributed by atoms with van der Waals surface area (Å²) in [5.41, 5.74) is 6.02. The van der Waals surface area contributed by atoms with Crippen LogP contribution in [0.1, 0.15) is 32.6 Å². The Morgan fingerprint density at radius 3 is 2.64 bits per heavy atom. The molecule has 1 heterocycles. The zero-order chi connectivity index (χ0) is 15.8. The predicted octanol–water partition coefficient (Wildman–Crippen LogP) is 3.03. The van der Waals surface area contributed by atoms with Gasteiger partial charge in [-0.3, -0.25) is 4.99 Å². The van der Waals surface area contributed by atoms with Gasteiger partial charge in [0.25, 0.3) is 0 Å². The number of likely N-dealkylation sites (tertiary alicyclic amines) is 1. The zero-order valence-electron chi connectivity index (χ0n) is 13.3. The molecule has 0 unspecified atom stereocenters. The van der Waals surface area contributed by atoms with E-state index < -0.39 is 0 Å². The van der Waals surface area contributed by atoms with Crippen LogP contribution in [0.5, 0.6) is 5.75 Å².